The first-order valence-corrected chi connectivity index (χ1v) is 10.9. The Morgan fingerprint density at radius 1 is 1.07 bits per heavy atom. The maximum absolute atomic E-state index is 9.15. The smallest absolute Gasteiger partial charge is 0.0886 e. The molecule has 0 N–H and O–H groups in total. The fourth-order valence-electron chi connectivity index (χ4n) is 5.72. The number of nitriles is 1. The van der Waals surface area contributed by atoms with E-state index < -0.39 is 0 Å². The van der Waals surface area contributed by atoms with E-state index in [1.165, 1.54) is 18.5 Å². The SMILES string of the molecule is Cc1cc(-c2cc3c(N4CC5CCC(C4)N5C4CC(C#N)C4)ccnn3c2)cnn1. The molecular formula is C23H25N7. The molecule has 2 aliphatic heterocycles. The maximum atomic E-state index is 9.15. The Morgan fingerprint density at radius 2 is 1.87 bits per heavy atom. The molecule has 152 valence electrons. The van der Waals surface area contributed by atoms with Gasteiger partial charge < -0.3 is 4.90 Å². The van der Waals surface area contributed by atoms with Gasteiger partial charge in [0.1, 0.15) is 0 Å². The minimum Gasteiger partial charge on any atom is -0.367 e. The van der Waals surface area contributed by atoms with E-state index in [2.05, 4.69) is 55.6 Å². The molecular weight excluding hydrogens is 374 g/mol. The molecule has 2 saturated heterocycles. The molecule has 6 rings (SSSR count). The highest BCUT2D eigenvalue weighted by molar-refractivity contribution is 5.79. The Hall–Kier alpha value is -2.98. The van der Waals surface area contributed by atoms with Gasteiger partial charge in [0.2, 0.25) is 0 Å². The summed E-state index contributed by atoms with van der Waals surface area (Å²) in [5.74, 6) is 0.276. The van der Waals surface area contributed by atoms with Gasteiger partial charge in [-0.05, 0) is 50.8 Å². The van der Waals surface area contributed by atoms with Crippen LogP contribution in [0.3, 0.4) is 0 Å². The molecule has 1 saturated carbocycles. The second-order valence-corrected chi connectivity index (χ2v) is 9.05. The van der Waals surface area contributed by atoms with E-state index in [1.54, 1.807) is 0 Å². The fourth-order valence-corrected chi connectivity index (χ4v) is 5.72. The van der Waals surface area contributed by atoms with E-state index in [-0.39, 0.29) is 5.92 Å². The van der Waals surface area contributed by atoms with Crippen molar-refractivity contribution in [2.75, 3.05) is 18.0 Å². The van der Waals surface area contributed by atoms with Crippen LogP contribution >= 0.6 is 0 Å². The molecule has 2 atom stereocenters. The molecule has 1 aliphatic carbocycles. The van der Waals surface area contributed by atoms with Crippen molar-refractivity contribution in [3.63, 3.8) is 0 Å². The van der Waals surface area contributed by atoms with Gasteiger partial charge in [0, 0.05) is 60.7 Å². The van der Waals surface area contributed by atoms with Crippen LogP contribution in [0, 0.1) is 24.2 Å². The summed E-state index contributed by atoms with van der Waals surface area (Å²) in [6.07, 6.45) is 10.5. The molecule has 5 heterocycles. The van der Waals surface area contributed by atoms with E-state index in [4.69, 9.17) is 5.26 Å². The number of aromatic nitrogens is 4. The van der Waals surface area contributed by atoms with Crippen LogP contribution in [-0.2, 0) is 0 Å². The van der Waals surface area contributed by atoms with Crippen LogP contribution in [0.4, 0.5) is 5.69 Å². The van der Waals surface area contributed by atoms with Crippen molar-refractivity contribution in [3.8, 4) is 17.2 Å². The highest BCUT2D eigenvalue weighted by Crippen LogP contribution is 2.42. The number of hydrogen-bond donors (Lipinski definition) is 0. The third-order valence-electron chi connectivity index (χ3n) is 7.19. The van der Waals surface area contributed by atoms with Gasteiger partial charge in [-0.3, -0.25) is 4.90 Å². The lowest BCUT2D eigenvalue weighted by molar-refractivity contribution is 0.0439. The first kappa shape index (κ1) is 17.8. The molecule has 3 aromatic heterocycles. The number of rotatable bonds is 3. The van der Waals surface area contributed by atoms with Crippen LogP contribution in [0.2, 0.25) is 0 Å². The Balaban J connectivity index is 1.29. The van der Waals surface area contributed by atoms with Crippen molar-refractivity contribution in [1.29, 1.82) is 5.26 Å². The zero-order valence-corrected chi connectivity index (χ0v) is 17.1. The molecule has 3 fully saturated rings. The summed E-state index contributed by atoms with van der Waals surface area (Å²) < 4.78 is 1.98. The molecule has 3 aliphatic rings. The van der Waals surface area contributed by atoms with Crippen LogP contribution < -0.4 is 4.90 Å². The van der Waals surface area contributed by atoms with E-state index in [9.17, 15) is 0 Å². The lowest BCUT2D eigenvalue weighted by Crippen LogP contribution is -2.60. The average Bonchev–Trinajstić information content (AvgIpc) is 3.25. The molecule has 3 aromatic rings. The van der Waals surface area contributed by atoms with Crippen LogP contribution in [0.1, 0.15) is 31.4 Å². The highest BCUT2D eigenvalue weighted by atomic mass is 15.4. The summed E-state index contributed by atoms with van der Waals surface area (Å²) in [6, 6.07) is 10.7. The standard InChI is InChI=1S/C23H25N7/c1-15-6-17(11-25-27-15)18-9-23-22(4-5-26-29(23)12-18)28-13-19-2-3-20(14-28)30(19)21-7-16(8-21)10-24/h4-6,9,11-12,16,19-21H,2-3,7-8,13-14H2,1H3. The van der Waals surface area contributed by atoms with Crippen molar-refractivity contribution in [2.24, 2.45) is 5.92 Å². The minimum atomic E-state index is 0.276. The van der Waals surface area contributed by atoms with Gasteiger partial charge in [0.05, 0.1) is 29.2 Å². The van der Waals surface area contributed by atoms with Crippen LogP contribution in [0.25, 0.3) is 16.6 Å². The molecule has 2 bridgehead atoms. The van der Waals surface area contributed by atoms with Crippen LogP contribution in [0.5, 0.6) is 0 Å². The molecule has 0 aromatic carbocycles. The van der Waals surface area contributed by atoms with E-state index >= 15 is 0 Å². The molecule has 2 unspecified atom stereocenters. The van der Waals surface area contributed by atoms with Gasteiger partial charge in [-0.25, -0.2) is 4.52 Å². The first-order chi connectivity index (χ1) is 14.7. The number of fused-ring (bicyclic) bond motifs is 3. The van der Waals surface area contributed by atoms with Crippen LogP contribution in [-0.4, -0.2) is 55.9 Å². The first-order valence-electron chi connectivity index (χ1n) is 10.9. The normalized spacial score (nSPS) is 28.5. The largest absolute Gasteiger partial charge is 0.367 e. The summed E-state index contributed by atoms with van der Waals surface area (Å²) >= 11 is 0. The molecule has 0 amide bonds. The van der Waals surface area contributed by atoms with Crippen LogP contribution in [0.15, 0.2) is 36.8 Å². The zero-order chi connectivity index (χ0) is 20.2. The minimum absolute atomic E-state index is 0.276. The Bertz CT molecular complexity index is 1130. The average molecular weight is 400 g/mol. The fraction of sp³-hybridized carbons (Fsp3) is 0.478. The van der Waals surface area contributed by atoms with Crippen molar-refractivity contribution in [2.45, 2.75) is 50.7 Å². The Morgan fingerprint density at radius 3 is 2.60 bits per heavy atom. The summed E-state index contributed by atoms with van der Waals surface area (Å²) in [4.78, 5) is 5.30. The molecule has 30 heavy (non-hydrogen) atoms. The number of nitrogens with zero attached hydrogens (tertiary/aromatic N) is 7. The second-order valence-electron chi connectivity index (χ2n) is 9.05. The number of hydrogen-bond acceptors (Lipinski definition) is 6. The number of piperazine rings is 1. The predicted molar refractivity (Wildman–Crippen MR) is 114 cm³/mol. The summed E-state index contributed by atoms with van der Waals surface area (Å²) in [6.45, 7) is 4.08. The number of anilines is 1. The van der Waals surface area contributed by atoms with Gasteiger partial charge >= 0.3 is 0 Å². The second kappa shape index (κ2) is 6.78. The van der Waals surface area contributed by atoms with Gasteiger partial charge in [0.25, 0.3) is 0 Å². The monoisotopic (exact) mass is 399 g/mol. The molecule has 7 nitrogen and oxygen atoms in total. The number of aryl methyl sites for hydroxylation is 1. The van der Waals surface area contributed by atoms with E-state index in [0.29, 0.717) is 18.1 Å². The predicted octanol–water partition coefficient (Wildman–Crippen LogP) is 3.05. The van der Waals surface area contributed by atoms with Crippen molar-refractivity contribution < 1.29 is 0 Å². The summed E-state index contributed by atoms with van der Waals surface area (Å²) in [7, 11) is 0. The lowest BCUT2D eigenvalue weighted by Gasteiger charge is -2.49. The van der Waals surface area contributed by atoms with Gasteiger partial charge in [-0.2, -0.15) is 20.6 Å². The zero-order valence-electron chi connectivity index (χ0n) is 17.1. The Kier molecular flexibility index (Phi) is 4.03. The van der Waals surface area contributed by atoms with Crippen molar-refractivity contribution in [3.05, 3.63) is 42.5 Å². The quantitative estimate of drug-likeness (QED) is 0.674. The summed E-state index contributed by atoms with van der Waals surface area (Å²) in [5, 5.41) is 21.9. The third kappa shape index (κ3) is 2.78. The lowest BCUT2D eigenvalue weighted by atomic mass is 9.79. The van der Waals surface area contributed by atoms with Crippen molar-refractivity contribution in [1.82, 2.24) is 24.7 Å². The van der Waals surface area contributed by atoms with E-state index in [0.717, 1.165) is 48.3 Å². The highest BCUT2D eigenvalue weighted by Gasteiger charge is 2.47. The topological polar surface area (TPSA) is 73.3 Å². The van der Waals surface area contributed by atoms with Gasteiger partial charge in [-0.1, -0.05) is 0 Å². The Labute approximate surface area is 175 Å². The van der Waals surface area contributed by atoms with Crippen molar-refractivity contribution >= 4 is 11.2 Å². The third-order valence-corrected chi connectivity index (χ3v) is 7.19. The van der Waals surface area contributed by atoms with Gasteiger partial charge in [-0.15, -0.1) is 0 Å². The van der Waals surface area contributed by atoms with Gasteiger partial charge in [0.15, 0.2) is 0 Å². The summed E-state index contributed by atoms with van der Waals surface area (Å²) in [5.41, 5.74) is 5.50. The molecule has 0 spiro atoms. The molecule has 7 heteroatoms. The van der Waals surface area contributed by atoms with E-state index in [1.807, 2.05) is 23.8 Å². The maximum Gasteiger partial charge on any atom is 0.0886 e. The molecule has 0 radical (unpaired) electrons.